The van der Waals surface area contributed by atoms with Gasteiger partial charge in [0.15, 0.2) is 0 Å². The van der Waals surface area contributed by atoms with E-state index in [1.807, 2.05) is 24.1 Å². The van der Waals surface area contributed by atoms with E-state index in [1.165, 1.54) is 11.8 Å². The highest BCUT2D eigenvalue weighted by Crippen LogP contribution is 2.38. The number of hydrogen-bond donors (Lipinski definition) is 0. The van der Waals surface area contributed by atoms with Crippen molar-refractivity contribution in [3.63, 3.8) is 0 Å². The number of sulfonamides is 1. The van der Waals surface area contributed by atoms with Crippen LogP contribution in [-0.2, 0) is 23.6 Å². The molecule has 0 radical (unpaired) electrons. The average molecular weight is 326 g/mol. The minimum atomic E-state index is -3.14. The second-order valence-corrected chi connectivity index (χ2v) is 8.76. The van der Waals surface area contributed by atoms with Gasteiger partial charge in [-0.05, 0) is 32.2 Å². The number of aryl methyl sites for hydroxylation is 1. The molecule has 1 atom stereocenters. The Morgan fingerprint density at radius 2 is 2.00 bits per heavy atom. The van der Waals surface area contributed by atoms with Crippen molar-refractivity contribution in [3.05, 3.63) is 18.0 Å². The van der Waals surface area contributed by atoms with Gasteiger partial charge in [0, 0.05) is 44.0 Å². The molecule has 3 rings (SSSR count). The molecule has 2 aliphatic rings. The molecule has 0 aromatic carbocycles. The smallest absolute Gasteiger partial charge is 0.211 e. The number of hydrogen-bond acceptors (Lipinski definition) is 4. The van der Waals surface area contributed by atoms with Crippen LogP contribution in [0.2, 0.25) is 0 Å². The molecule has 1 unspecified atom stereocenters. The van der Waals surface area contributed by atoms with E-state index in [1.54, 1.807) is 4.31 Å². The number of rotatable bonds is 3. The van der Waals surface area contributed by atoms with Crippen LogP contribution in [0.3, 0.4) is 0 Å². The van der Waals surface area contributed by atoms with Gasteiger partial charge >= 0.3 is 0 Å². The topological polar surface area (TPSA) is 58.4 Å². The van der Waals surface area contributed by atoms with Crippen LogP contribution in [0.15, 0.2) is 12.4 Å². The first-order valence-corrected chi connectivity index (χ1v) is 9.92. The van der Waals surface area contributed by atoms with Gasteiger partial charge in [0.05, 0.1) is 12.5 Å². The van der Waals surface area contributed by atoms with Crippen molar-refractivity contribution in [2.45, 2.75) is 44.2 Å². The van der Waals surface area contributed by atoms with Crippen LogP contribution in [0.4, 0.5) is 0 Å². The van der Waals surface area contributed by atoms with Gasteiger partial charge < -0.3 is 0 Å². The largest absolute Gasteiger partial charge is 0.297 e. The van der Waals surface area contributed by atoms with Crippen LogP contribution < -0.4 is 0 Å². The zero-order valence-electron chi connectivity index (χ0n) is 13.5. The second-order valence-electron chi connectivity index (χ2n) is 6.85. The summed E-state index contributed by atoms with van der Waals surface area (Å²) in [6, 6.07) is 0. The maximum absolute atomic E-state index is 12.2. The maximum Gasteiger partial charge on any atom is 0.211 e. The zero-order chi connectivity index (χ0) is 15.8. The van der Waals surface area contributed by atoms with E-state index in [-0.39, 0.29) is 5.54 Å². The van der Waals surface area contributed by atoms with E-state index in [9.17, 15) is 8.42 Å². The summed E-state index contributed by atoms with van der Waals surface area (Å²) in [6.45, 7) is 3.41. The molecular formula is C15H26N4O2S. The summed E-state index contributed by atoms with van der Waals surface area (Å²) < 4.78 is 28.1. The first kappa shape index (κ1) is 16.0. The third-order valence-corrected chi connectivity index (χ3v) is 6.35. The van der Waals surface area contributed by atoms with Crippen molar-refractivity contribution in [2.24, 2.45) is 7.05 Å². The third kappa shape index (κ3) is 3.21. The van der Waals surface area contributed by atoms with Crippen LogP contribution in [0.5, 0.6) is 0 Å². The van der Waals surface area contributed by atoms with E-state index < -0.39 is 10.0 Å². The molecule has 0 aliphatic carbocycles. The minimum Gasteiger partial charge on any atom is -0.297 e. The number of aromatic nitrogens is 2. The molecule has 2 fully saturated rings. The molecule has 0 bridgehead atoms. The summed E-state index contributed by atoms with van der Waals surface area (Å²) in [4.78, 5) is 2.39. The lowest BCUT2D eigenvalue weighted by atomic mass is 9.81. The molecule has 1 spiro atoms. The van der Waals surface area contributed by atoms with Crippen molar-refractivity contribution < 1.29 is 8.42 Å². The number of likely N-dealkylation sites (tertiary alicyclic amines) is 1. The summed E-state index contributed by atoms with van der Waals surface area (Å²) in [5.41, 5.74) is 1.01. The highest BCUT2D eigenvalue weighted by molar-refractivity contribution is 7.88. The Morgan fingerprint density at radius 3 is 2.68 bits per heavy atom. The van der Waals surface area contributed by atoms with E-state index in [4.69, 9.17) is 0 Å². The standard InChI is InChI=1S/C15H26N4O2S/c1-17-11-14(10-16-17)12-18-8-5-7-15(13-18)6-3-4-9-19(15)22(2,20)21/h10-11H,3-9,12-13H2,1-2H3. The van der Waals surface area contributed by atoms with E-state index in [0.717, 1.165) is 51.7 Å². The highest BCUT2D eigenvalue weighted by Gasteiger charge is 2.45. The Hall–Kier alpha value is -0.920. The predicted molar refractivity (Wildman–Crippen MR) is 85.9 cm³/mol. The fourth-order valence-corrected chi connectivity index (χ4v) is 5.55. The van der Waals surface area contributed by atoms with Gasteiger partial charge in [0.2, 0.25) is 10.0 Å². The van der Waals surface area contributed by atoms with Gasteiger partial charge in [-0.1, -0.05) is 6.42 Å². The Bertz CT molecular complexity index is 623. The van der Waals surface area contributed by atoms with Crippen LogP contribution in [0.1, 0.15) is 37.7 Å². The minimum absolute atomic E-state index is 0.188. The molecule has 22 heavy (non-hydrogen) atoms. The molecule has 2 saturated heterocycles. The van der Waals surface area contributed by atoms with Crippen LogP contribution in [-0.4, -0.2) is 58.8 Å². The van der Waals surface area contributed by atoms with Gasteiger partial charge in [-0.2, -0.15) is 9.40 Å². The molecule has 124 valence electrons. The van der Waals surface area contributed by atoms with Crippen molar-refractivity contribution in [3.8, 4) is 0 Å². The van der Waals surface area contributed by atoms with Crippen molar-refractivity contribution >= 4 is 10.0 Å². The molecular weight excluding hydrogens is 300 g/mol. The molecule has 1 aromatic heterocycles. The Labute approximate surface area is 133 Å². The van der Waals surface area contributed by atoms with Gasteiger partial charge in [-0.3, -0.25) is 9.58 Å². The molecule has 1 aromatic rings. The second kappa shape index (κ2) is 5.94. The van der Waals surface area contributed by atoms with Gasteiger partial charge in [-0.15, -0.1) is 0 Å². The molecule has 0 amide bonds. The SMILES string of the molecule is Cn1cc(CN2CCCC3(CCCCN3S(C)(=O)=O)C2)cn1. The van der Waals surface area contributed by atoms with E-state index in [0.29, 0.717) is 6.54 Å². The number of piperidine rings is 2. The van der Waals surface area contributed by atoms with Crippen molar-refractivity contribution in [1.29, 1.82) is 0 Å². The molecule has 2 aliphatic heterocycles. The van der Waals surface area contributed by atoms with E-state index >= 15 is 0 Å². The van der Waals surface area contributed by atoms with E-state index in [2.05, 4.69) is 10.00 Å². The average Bonchev–Trinajstić information content (AvgIpc) is 2.83. The first-order valence-electron chi connectivity index (χ1n) is 8.07. The highest BCUT2D eigenvalue weighted by atomic mass is 32.2. The van der Waals surface area contributed by atoms with Crippen LogP contribution >= 0.6 is 0 Å². The fourth-order valence-electron chi connectivity index (χ4n) is 4.15. The summed E-state index contributed by atoms with van der Waals surface area (Å²) in [7, 11) is -1.21. The zero-order valence-corrected chi connectivity index (χ0v) is 14.3. The summed E-state index contributed by atoms with van der Waals surface area (Å²) in [5.74, 6) is 0. The molecule has 3 heterocycles. The fraction of sp³-hybridized carbons (Fsp3) is 0.800. The Balaban J connectivity index is 1.78. The summed E-state index contributed by atoms with van der Waals surface area (Å²) in [5, 5.41) is 4.22. The van der Waals surface area contributed by atoms with Gasteiger partial charge in [-0.25, -0.2) is 8.42 Å². The molecule has 0 N–H and O–H groups in total. The first-order chi connectivity index (χ1) is 10.4. The lowest BCUT2D eigenvalue weighted by molar-refractivity contribution is 0.0337. The Kier molecular flexibility index (Phi) is 4.31. The monoisotopic (exact) mass is 326 g/mol. The lowest BCUT2D eigenvalue weighted by Crippen LogP contribution is -2.61. The molecule has 6 nitrogen and oxygen atoms in total. The lowest BCUT2D eigenvalue weighted by Gasteiger charge is -2.51. The molecule has 0 saturated carbocycles. The van der Waals surface area contributed by atoms with Crippen molar-refractivity contribution in [2.75, 3.05) is 25.9 Å². The maximum atomic E-state index is 12.2. The van der Waals surface area contributed by atoms with Crippen LogP contribution in [0, 0.1) is 0 Å². The summed E-state index contributed by atoms with van der Waals surface area (Å²) in [6.07, 6.45) is 10.5. The van der Waals surface area contributed by atoms with Crippen molar-refractivity contribution in [1.82, 2.24) is 19.0 Å². The van der Waals surface area contributed by atoms with Gasteiger partial charge in [0.1, 0.15) is 0 Å². The summed E-state index contributed by atoms with van der Waals surface area (Å²) >= 11 is 0. The Morgan fingerprint density at radius 1 is 1.23 bits per heavy atom. The quantitative estimate of drug-likeness (QED) is 0.837. The normalized spacial score (nSPS) is 28.3. The molecule has 7 heteroatoms. The number of nitrogens with zero attached hydrogens (tertiary/aromatic N) is 4. The van der Waals surface area contributed by atoms with Crippen LogP contribution in [0.25, 0.3) is 0 Å². The van der Waals surface area contributed by atoms with Gasteiger partial charge in [0.25, 0.3) is 0 Å². The third-order valence-electron chi connectivity index (χ3n) is 4.98. The predicted octanol–water partition coefficient (Wildman–Crippen LogP) is 1.20.